The van der Waals surface area contributed by atoms with E-state index >= 15 is 0 Å². The molecule has 0 heterocycles. The van der Waals surface area contributed by atoms with E-state index in [1.54, 1.807) is 0 Å². The summed E-state index contributed by atoms with van der Waals surface area (Å²) in [5, 5.41) is 0.302. The van der Waals surface area contributed by atoms with Crippen LogP contribution in [0, 0.1) is 11.8 Å². The molecular formula is C8H11ClO. The van der Waals surface area contributed by atoms with Crippen molar-refractivity contribution in [3.05, 3.63) is 0 Å². The number of hydrogen-bond donors (Lipinski definition) is 0. The van der Waals surface area contributed by atoms with Crippen LogP contribution in [0.25, 0.3) is 0 Å². The van der Waals surface area contributed by atoms with Gasteiger partial charge in [-0.25, -0.2) is 0 Å². The summed E-state index contributed by atoms with van der Waals surface area (Å²) in [6.07, 6.45) is 3.89. The Hall–Kier alpha value is -0.0400. The number of Topliss-reactive ketones (excluding diaryl/α,β-unsaturated/α-hetero) is 1. The van der Waals surface area contributed by atoms with Gasteiger partial charge in [-0.15, -0.1) is 11.6 Å². The van der Waals surface area contributed by atoms with E-state index in [1.807, 2.05) is 0 Å². The quantitative estimate of drug-likeness (QED) is 0.493. The first kappa shape index (κ1) is 6.66. The predicted molar refractivity (Wildman–Crippen MR) is 40.1 cm³/mol. The second kappa shape index (κ2) is 2.23. The fourth-order valence-corrected chi connectivity index (χ4v) is 2.70. The maximum atomic E-state index is 10.9. The third kappa shape index (κ3) is 0.878. The molecule has 2 aliphatic carbocycles. The molecule has 2 aliphatic rings. The molecule has 2 heteroatoms. The minimum Gasteiger partial charge on any atom is -0.300 e. The van der Waals surface area contributed by atoms with E-state index in [0.717, 1.165) is 19.3 Å². The number of ketones is 1. The van der Waals surface area contributed by atoms with Gasteiger partial charge >= 0.3 is 0 Å². The van der Waals surface area contributed by atoms with Crippen LogP contribution in [0.15, 0.2) is 0 Å². The van der Waals surface area contributed by atoms with Crippen molar-refractivity contribution in [2.45, 2.75) is 31.1 Å². The van der Waals surface area contributed by atoms with Gasteiger partial charge in [0.15, 0.2) is 0 Å². The first-order valence-corrected chi connectivity index (χ1v) is 4.37. The van der Waals surface area contributed by atoms with Crippen molar-refractivity contribution >= 4 is 17.4 Å². The number of carbonyl (C=O) groups is 1. The lowest BCUT2D eigenvalue weighted by Gasteiger charge is -2.08. The number of carbonyl (C=O) groups excluding carboxylic acids is 1. The normalized spacial score (nSPS) is 46.1. The van der Waals surface area contributed by atoms with E-state index in [-0.39, 0.29) is 0 Å². The minimum absolute atomic E-state index is 0.302. The molecule has 0 aromatic rings. The average molecular weight is 159 g/mol. The molecule has 0 spiro atoms. The Morgan fingerprint density at radius 3 is 2.80 bits per heavy atom. The van der Waals surface area contributed by atoms with Crippen LogP contribution in [-0.2, 0) is 4.79 Å². The zero-order chi connectivity index (χ0) is 7.14. The maximum Gasteiger partial charge on any atom is 0.133 e. The maximum absolute atomic E-state index is 10.9. The van der Waals surface area contributed by atoms with E-state index in [2.05, 4.69) is 0 Å². The highest BCUT2D eigenvalue weighted by molar-refractivity contribution is 6.21. The van der Waals surface area contributed by atoms with Gasteiger partial charge in [-0.1, -0.05) is 0 Å². The van der Waals surface area contributed by atoms with E-state index in [9.17, 15) is 4.79 Å². The van der Waals surface area contributed by atoms with E-state index < -0.39 is 0 Å². The standard InChI is InChI=1S/C8H11ClO/c9-8-2-1-5-3-6(10)4-7(5)8/h5,7-8H,1-4H2. The fourth-order valence-electron chi connectivity index (χ4n) is 2.28. The van der Waals surface area contributed by atoms with Crippen molar-refractivity contribution in [2.75, 3.05) is 0 Å². The van der Waals surface area contributed by atoms with E-state index in [1.165, 1.54) is 6.42 Å². The Balaban J connectivity index is 2.12. The first-order valence-electron chi connectivity index (χ1n) is 3.93. The van der Waals surface area contributed by atoms with Crippen LogP contribution in [0.5, 0.6) is 0 Å². The minimum atomic E-state index is 0.302. The number of rotatable bonds is 0. The first-order chi connectivity index (χ1) is 4.77. The number of hydrogen-bond acceptors (Lipinski definition) is 1. The van der Waals surface area contributed by atoms with Crippen molar-refractivity contribution in [3.8, 4) is 0 Å². The topological polar surface area (TPSA) is 17.1 Å². The highest BCUT2D eigenvalue weighted by Crippen LogP contribution is 2.44. The van der Waals surface area contributed by atoms with Gasteiger partial charge in [0.25, 0.3) is 0 Å². The summed E-state index contributed by atoms with van der Waals surface area (Å²) in [5.41, 5.74) is 0. The molecule has 3 unspecified atom stereocenters. The van der Waals surface area contributed by atoms with Gasteiger partial charge in [-0.05, 0) is 24.7 Å². The summed E-state index contributed by atoms with van der Waals surface area (Å²) < 4.78 is 0. The summed E-state index contributed by atoms with van der Waals surface area (Å²) in [6.45, 7) is 0. The van der Waals surface area contributed by atoms with Gasteiger partial charge < -0.3 is 0 Å². The molecule has 0 saturated heterocycles. The summed E-state index contributed by atoms with van der Waals surface area (Å²) in [6, 6.07) is 0. The van der Waals surface area contributed by atoms with Crippen LogP contribution in [0.2, 0.25) is 0 Å². The summed E-state index contributed by atoms with van der Waals surface area (Å²) in [4.78, 5) is 10.9. The van der Waals surface area contributed by atoms with Crippen LogP contribution in [0.4, 0.5) is 0 Å². The zero-order valence-electron chi connectivity index (χ0n) is 5.85. The van der Waals surface area contributed by atoms with E-state index in [0.29, 0.717) is 23.0 Å². The highest BCUT2D eigenvalue weighted by Gasteiger charge is 2.41. The van der Waals surface area contributed by atoms with Gasteiger partial charge in [0.05, 0.1) is 0 Å². The molecule has 0 aliphatic heterocycles. The Labute approximate surface area is 65.7 Å². The van der Waals surface area contributed by atoms with Crippen LogP contribution >= 0.6 is 11.6 Å². The van der Waals surface area contributed by atoms with Crippen molar-refractivity contribution in [2.24, 2.45) is 11.8 Å². The molecule has 0 radical (unpaired) electrons. The molecule has 3 atom stereocenters. The molecule has 2 rings (SSSR count). The van der Waals surface area contributed by atoms with Gasteiger partial charge in [-0.3, -0.25) is 4.79 Å². The molecular weight excluding hydrogens is 148 g/mol. The molecule has 56 valence electrons. The molecule has 0 N–H and O–H groups in total. The van der Waals surface area contributed by atoms with Crippen LogP contribution in [0.1, 0.15) is 25.7 Å². The molecule has 0 amide bonds. The summed E-state index contributed by atoms with van der Waals surface area (Å²) in [7, 11) is 0. The zero-order valence-corrected chi connectivity index (χ0v) is 6.60. The lowest BCUT2D eigenvalue weighted by Crippen LogP contribution is -2.08. The molecule has 0 aromatic carbocycles. The number of fused-ring (bicyclic) bond motifs is 1. The van der Waals surface area contributed by atoms with Crippen LogP contribution in [-0.4, -0.2) is 11.2 Å². The molecule has 10 heavy (non-hydrogen) atoms. The number of halogens is 1. The van der Waals surface area contributed by atoms with Crippen LogP contribution in [0.3, 0.4) is 0 Å². The molecule has 0 aromatic heterocycles. The number of alkyl halides is 1. The van der Waals surface area contributed by atoms with Crippen molar-refractivity contribution in [1.82, 2.24) is 0 Å². The van der Waals surface area contributed by atoms with E-state index in [4.69, 9.17) is 11.6 Å². The Morgan fingerprint density at radius 2 is 2.10 bits per heavy atom. The smallest absolute Gasteiger partial charge is 0.133 e. The Kier molecular flexibility index (Phi) is 1.48. The second-order valence-electron chi connectivity index (χ2n) is 3.46. The second-order valence-corrected chi connectivity index (χ2v) is 4.02. The molecule has 2 saturated carbocycles. The molecule has 0 bridgehead atoms. The largest absolute Gasteiger partial charge is 0.300 e. The van der Waals surface area contributed by atoms with Gasteiger partial charge in [0.2, 0.25) is 0 Å². The summed E-state index contributed by atoms with van der Waals surface area (Å²) >= 11 is 6.03. The Bertz CT molecular complexity index is 167. The average Bonchev–Trinajstić information content (AvgIpc) is 2.35. The third-order valence-corrected chi connectivity index (χ3v) is 3.38. The Morgan fingerprint density at radius 1 is 1.30 bits per heavy atom. The highest BCUT2D eigenvalue weighted by atomic mass is 35.5. The fraction of sp³-hybridized carbons (Fsp3) is 0.875. The van der Waals surface area contributed by atoms with Gasteiger partial charge in [0, 0.05) is 18.2 Å². The van der Waals surface area contributed by atoms with Gasteiger partial charge in [0.1, 0.15) is 5.78 Å². The van der Waals surface area contributed by atoms with Crippen molar-refractivity contribution in [1.29, 1.82) is 0 Å². The molecule has 2 fully saturated rings. The third-order valence-electron chi connectivity index (χ3n) is 2.84. The monoisotopic (exact) mass is 158 g/mol. The van der Waals surface area contributed by atoms with Crippen molar-refractivity contribution < 1.29 is 4.79 Å². The lowest BCUT2D eigenvalue weighted by atomic mass is 10.0. The van der Waals surface area contributed by atoms with Crippen LogP contribution < -0.4 is 0 Å². The van der Waals surface area contributed by atoms with Gasteiger partial charge in [-0.2, -0.15) is 0 Å². The predicted octanol–water partition coefficient (Wildman–Crippen LogP) is 1.98. The SMILES string of the molecule is O=C1CC2CCC(Cl)C2C1. The van der Waals surface area contributed by atoms with Crippen molar-refractivity contribution in [3.63, 3.8) is 0 Å². The summed E-state index contributed by atoms with van der Waals surface area (Å²) in [5.74, 6) is 1.62. The lowest BCUT2D eigenvalue weighted by molar-refractivity contribution is -0.117. The molecule has 1 nitrogen and oxygen atoms in total.